The van der Waals surface area contributed by atoms with Crippen molar-refractivity contribution in [2.75, 3.05) is 20.1 Å². The fraction of sp³-hybridized carbons (Fsp3) is 0.667. The van der Waals surface area contributed by atoms with Crippen LogP contribution in [-0.2, 0) is 13.1 Å². The van der Waals surface area contributed by atoms with E-state index in [9.17, 15) is 0 Å². The zero-order chi connectivity index (χ0) is 11.1. The second-order valence-electron chi connectivity index (χ2n) is 3.88. The highest BCUT2D eigenvalue weighted by Crippen LogP contribution is 2.17. The van der Waals surface area contributed by atoms with Crippen molar-refractivity contribution in [2.24, 2.45) is 0 Å². The molecule has 1 heterocycles. The van der Waals surface area contributed by atoms with Crippen molar-refractivity contribution in [1.82, 2.24) is 10.2 Å². The average molecular weight is 226 g/mol. The third-order valence-corrected chi connectivity index (χ3v) is 3.48. The summed E-state index contributed by atoms with van der Waals surface area (Å²) in [7, 11) is 2.16. The number of thiophene rings is 1. The molecule has 86 valence electrons. The van der Waals surface area contributed by atoms with E-state index in [2.05, 4.69) is 43.2 Å². The Labute approximate surface area is 97.3 Å². The summed E-state index contributed by atoms with van der Waals surface area (Å²) in [6.45, 7) is 8.72. The van der Waals surface area contributed by atoms with Gasteiger partial charge >= 0.3 is 0 Å². The van der Waals surface area contributed by atoms with E-state index in [1.807, 2.05) is 11.3 Å². The van der Waals surface area contributed by atoms with E-state index < -0.39 is 0 Å². The lowest BCUT2D eigenvalue weighted by Crippen LogP contribution is -2.15. The maximum atomic E-state index is 3.43. The van der Waals surface area contributed by atoms with Crippen molar-refractivity contribution in [3.05, 3.63) is 21.9 Å². The summed E-state index contributed by atoms with van der Waals surface area (Å²) < 4.78 is 0. The molecule has 0 aromatic carbocycles. The van der Waals surface area contributed by atoms with Crippen molar-refractivity contribution in [3.8, 4) is 0 Å². The number of hydrogen-bond donors (Lipinski definition) is 1. The largest absolute Gasteiger partial charge is 0.312 e. The number of rotatable bonds is 7. The Morgan fingerprint density at radius 1 is 1.27 bits per heavy atom. The van der Waals surface area contributed by atoms with E-state index in [1.54, 1.807) is 0 Å². The summed E-state index contributed by atoms with van der Waals surface area (Å²) in [5, 5.41) is 3.43. The molecule has 0 radical (unpaired) electrons. The molecule has 1 aromatic heterocycles. The Morgan fingerprint density at radius 3 is 2.67 bits per heavy atom. The van der Waals surface area contributed by atoms with E-state index in [-0.39, 0.29) is 0 Å². The van der Waals surface area contributed by atoms with Crippen molar-refractivity contribution in [3.63, 3.8) is 0 Å². The van der Waals surface area contributed by atoms with Crippen LogP contribution in [0.2, 0.25) is 0 Å². The van der Waals surface area contributed by atoms with Crippen LogP contribution in [0.3, 0.4) is 0 Å². The predicted molar refractivity (Wildman–Crippen MR) is 68.3 cm³/mol. The summed E-state index contributed by atoms with van der Waals surface area (Å²) >= 11 is 1.92. The standard InChI is InChI=1S/C12H22N2S/c1-4-8-13-9-11-6-7-12(15-11)10-14(3)5-2/h6-7,13H,4-5,8-10H2,1-3H3. The van der Waals surface area contributed by atoms with Gasteiger partial charge in [-0.25, -0.2) is 0 Å². The minimum Gasteiger partial charge on any atom is -0.312 e. The zero-order valence-electron chi connectivity index (χ0n) is 10.0. The maximum Gasteiger partial charge on any atom is 0.0324 e. The molecule has 0 aliphatic carbocycles. The molecule has 1 aromatic rings. The van der Waals surface area contributed by atoms with E-state index in [1.165, 1.54) is 16.2 Å². The highest BCUT2D eigenvalue weighted by Gasteiger charge is 2.02. The van der Waals surface area contributed by atoms with Crippen LogP contribution >= 0.6 is 11.3 Å². The zero-order valence-corrected chi connectivity index (χ0v) is 10.9. The summed E-state index contributed by atoms with van der Waals surface area (Å²) in [6.07, 6.45) is 1.21. The minimum atomic E-state index is 1.02. The number of hydrogen-bond acceptors (Lipinski definition) is 3. The highest BCUT2D eigenvalue weighted by molar-refractivity contribution is 7.11. The molecule has 0 aliphatic heterocycles. The van der Waals surface area contributed by atoms with Gasteiger partial charge in [-0.15, -0.1) is 11.3 Å². The minimum absolute atomic E-state index is 1.02. The van der Waals surface area contributed by atoms with Gasteiger partial charge in [-0.2, -0.15) is 0 Å². The van der Waals surface area contributed by atoms with Crippen LogP contribution in [0.25, 0.3) is 0 Å². The van der Waals surface area contributed by atoms with E-state index >= 15 is 0 Å². The third-order valence-electron chi connectivity index (χ3n) is 2.41. The van der Waals surface area contributed by atoms with Gasteiger partial charge in [0.15, 0.2) is 0 Å². The molecule has 0 spiro atoms. The first-order valence-corrected chi connectivity index (χ1v) is 6.54. The molecule has 15 heavy (non-hydrogen) atoms. The fourth-order valence-electron chi connectivity index (χ4n) is 1.37. The lowest BCUT2D eigenvalue weighted by molar-refractivity contribution is 0.349. The molecule has 3 heteroatoms. The van der Waals surface area contributed by atoms with E-state index in [4.69, 9.17) is 0 Å². The molecule has 1 rings (SSSR count). The van der Waals surface area contributed by atoms with Gasteiger partial charge in [0.2, 0.25) is 0 Å². The fourth-order valence-corrected chi connectivity index (χ4v) is 2.44. The van der Waals surface area contributed by atoms with Crippen LogP contribution < -0.4 is 5.32 Å². The summed E-state index contributed by atoms with van der Waals surface area (Å²) in [5.74, 6) is 0. The predicted octanol–water partition coefficient (Wildman–Crippen LogP) is 2.70. The van der Waals surface area contributed by atoms with Crippen LogP contribution in [0.1, 0.15) is 30.0 Å². The number of nitrogens with one attached hydrogen (secondary N) is 1. The second-order valence-corrected chi connectivity index (χ2v) is 5.13. The molecule has 0 aliphatic rings. The molecule has 0 unspecified atom stereocenters. The summed E-state index contributed by atoms with van der Waals surface area (Å²) in [6, 6.07) is 4.49. The Balaban J connectivity index is 2.35. The van der Waals surface area contributed by atoms with Gasteiger partial charge in [-0.3, -0.25) is 0 Å². The quantitative estimate of drug-likeness (QED) is 0.719. The van der Waals surface area contributed by atoms with Crippen molar-refractivity contribution >= 4 is 11.3 Å². The van der Waals surface area contributed by atoms with Crippen molar-refractivity contribution < 1.29 is 0 Å². The first kappa shape index (κ1) is 12.7. The van der Waals surface area contributed by atoms with Crippen molar-refractivity contribution in [1.29, 1.82) is 0 Å². The molecule has 1 N–H and O–H groups in total. The Morgan fingerprint density at radius 2 is 2.00 bits per heavy atom. The molecule has 0 saturated heterocycles. The summed E-state index contributed by atoms with van der Waals surface area (Å²) in [5.41, 5.74) is 0. The van der Waals surface area contributed by atoms with Gasteiger partial charge in [0.05, 0.1) is 0 Å². The molecular weight excluding hydrogens is 204 g/mol. The van der Waals surface area contributed by atoms with Crippen molar-refractivity contribution in [2.45, 2.75) is 33.4 Å². The first-order chi connectivity index (χ1) is 7.26. The van der Waals surface area contributed by atoms with E-state index in [0.717, 1.165) is 26.2 Å². The van der Waals surface area contributed by atoms with Crippen LogP contribution in [-0.4, -0.2) is 25.0 Å². The van der Waals surface area contributed by atoms with Crippen LogP contribution in [0.15, 0.2) is 12.1 Å². The highest BCUT2D eigenvalue weighted by atomic mass is 32.1. The van der Waals surface area contributed by atoms with Gasteiger partial charge in [-0.1, -0.05) is 13.8 Å². The monoisotopic (exact) mass is 226 g/mol. The van der Waals surface area contributed by atoms with Gasteiger partial charge in [-0.05, 0) is 38.7 Å². The van der Waals surface area contributed by atoms with Crippen LogP contribution in [0, 0.1) is 0 Å². The molecule has 2 nitrogen and oxygen atoms in total. The average Bonchev–Trinajstić information content (AvgIpc) is 2.66. The SMILES string of the molecule is CCCNCc1ccc(CN(C)CC)s1. The van der Waals surface area contributed by atoms with Gasteiger partial charge in [0, 0.05) is 22.8 Å². The molecule has 0 fully saturated rings. The lowest BCUT2D eigenvalue weighted by atomic mass is 10.4. The number of nitrogens with zero attached hydrogens (tertiary/aromatic N) is 1. The van der Waals surface area contributed by atoms with Gasteiger partial charge < -0.3 is 10.2 Å². The van der Waals surface area contributed by atoms with Crippen LogP contribution in [0.4, 0.5) is 0 Å². The molecule has 0 bridgehead atoms. The Bertz CT molecular complexity index is 270. The third kappa shape index (κ3) is 4.78. The molecule has 0 saturated carbocycles. The summed E-state index contributed by atoms with van der Waals surface area (Å²) in [4.78, 5) is 5.24. The van der Waals surface area contributed by atoms with Crippen LogP contribution in [0.5, 0.6) is 0 Å². The topological polar surface area (TPSA) is 15.3 Å². The normalized spacial score (nSPS) is 11.2. The van der Waals surface area contributed by atoms with Gasteiger partial charge in [0.1, 0.15) is 0 Å². The maximum absolute atomic E-state index is 3.43. The smallest absolute Gasteiger partial charge is 0.0324 e. The molecular formula is C12H22N2S. The molecule has 0 atom stereocenters. The second kappa shape index (κ2) is 6.99. The van der Waals surface area contributed by atoms with E-state index in [0.29, 0.717) is 0 Å². The Hall–Kier alpha value is -0.380. The Kier molecular flexibility index (Phi) is 5.91. The lowest BCUT2D eigenvalue weighted by Gasteiger charge is -2.11. The van der Waals surface area contributed by atoms with Gasteiger partial charge in [0.25, 0.3) is 0 Å². The first-order valence-electron chi connectivity index (χ1n) is 5.73. The molecule has 0 amide bonds.